The zero-order valence-electron chi connectivity index (χ0n) is 14.1. The van der Waals surface area contributed by atoms with Crippen LogP contribution in [0.5, 0.6) is 5.75 Å². The molecule has 0 atom stereocenters. The van der Waals surface area contributed by atoms with Gasteiger partial charge in [0.05, 0.1) is 0 Å². The molecule has 23 heavy (non-hydrogen) atoms. The average molecular weight is 306 g/mol. The molecule has 2 aromatic carbocycles. The highest BCUT2D eigenvalue weighted by molar-refractivity contribution is 5.78. The Hall–Kier alpha value is -2.55. The maximum atomic E-state index is 6.31. The van der Waals surface area contributed by atoms with Crippen LogP contribution < -0.4 is 4.74 Å². The molecule has 0 saturated heterocycles. The number of rotatable bonds is 3. The monoisotopic (exact) mass is 306 g/mol. The first-order valence-electron chi connectivity index (χ1n) is 7.82. The smallest absolute Gasteiger partial charge is 0.173 e. The largest absolute Gasteiger partial charge is 0.484 e. The van der Waals surface area contributed by atoms with Crippen molar-refractivity contribution in [2.75, 3.05) is 0 Å². The summed E-state index contributed by atoms with van der Waals surface area (Å²) in [5.74, 6) is 0.831. The van der Waals surface area contributed by atoms with Gasteiger partial charge in [0, 0.05) is 18.2 Å². The van der Waals surface area contributed by atoms with E-state index < -0.39 is 0 Å². The Balaban J connectivity index is 2.22. The van der Waals surface area contributed by atoms with Crippen LogP contribution in [0.25, 0.3) is 22.5 Å². The van der Waals surface area contributed by atoms with Crippen LogP contribution >= 0.6 is 0 Å². The Kier molecular flexibility index (Phi) is 3.95. The molecule has 0 saturated carbocycles. The summed E-state index contributed by atoms with van der Waals surface area (Å²) in [6.07, 6.45) is 0. The lowest BCUT2D eigenvalue weighted by Gasteiger charge is -2.22. The number of aromatic nitrogens is 2. The molecule has 1 heterocycles. The van der Waals surface area contributed by atoms with Gasteiger partial charge in [0.2, 0.25) is 0 Å². The van der Waals surface area contributed by atoms with Gasteiger partial charge in [-0.1, -0.05) is 60.7 Å². The van der Waals surface area contributed by atoms with Gasteiger partial charge in [-0.3, -0.25) is 4.68 Å². The molecule has 3 nitrogen and oxygen atoms in total. The third-order valence-electron chi connectivity index (χ3n) is 3.51. The van der Waals surface area contributed by atoms with Gasteiger partial charge in [0.25, 0.3) is 0 Å². The fraction of sp³-hybridized carbons (Fsp3) is 0.250. The minimum Gasteiger partial charge on any atom is -0.484 e. The van der Waals surface area contributed by atoms with Crippen molar-refractivity contribution >= 4 is 0 Å². The molecule has 3 aromatic rings. The summed E-state index contributed by atoms with van der Waals surface area (Å²) >= 11 is 0. The topological polar surface area (TPSA) is 27.1 Å². The van der Waals surface area contributed by atoms with Crippen LogP contribution in [0.15, 0.2) is 60.7 Å². The van der Waals surface area contributed by atoms with Gasteiger partial charge in [0.1, 0.15) is 17.0 Å². The van der Waals surface area contributed by atoms with E-state index in [4.69, 9.17) is 9.84 Å². The maximum Gasteiger partial charge on any atom is 0.173 e. The van der Waals surface area contributed by atoms with E-state index in [0.717, 1.165) is 28.3 Å². The highest BCUT2D eigenvalue weighted by atomic mass is 16.5. The zero-order valence-corrected chi connectivity index (χ0v) is 14.1. The molecule has 0 fully saturated rings. The van der Waals surface area contributed by atoms with Crippen molar-refractivity contribution in [1.29, 1.82) is 0 Å². The summed E-state index contributed by atoms with van der Waals surface area (Å²) in [4.78, 5) is 0. The van der Waals surface area contributed by atoms with Crippen molar-refractivity contribution in [3.8, 4) is 28.3 Å². The van der Waals surface area contributed by atoms with Crippen molar-refractivity contribution in [2.45, 2.75) is 26.4 Å². The van der Waals surface area contributed by atoms with E-state index in [0.29, 0.717) is 0 Å². The lowest BCUT2D eigenvalue weighted by Crippen LogP contribution is -2.23. The first-order chi connectivity index (χ1) is 11.0. The third kappa shape index (κ3) is 3.29. The van der Waals surface area contributed by atoms with Gasteiger partial charge in [-0.05, 0) is 20.8 Å². The van der Waals surface area contributed by atoms with E-state index in [-0.39, 0.29) is 5.60 Å². The molecule has 0 unspecified atom stereocenters. The quantitative estimate of drug-likeness (QED) is 0.686. The van der Waals surface area contributed by atoms with Crippen LogP contribution in [0.4, 0.5) is 0 Å². The summed E-state index contributed by atoms with van der Waals surface area (Å²) in [6.45, 7) is 6.18. The molecule has 0 aliphatic rings. The SMILES string of the molecule is Cn1nc(-c2ccccc2)c(OC(C)(C)C)c1-c1ccccc1. The summed E-state index contributed by atoms with van der Waals surface area (Å²) in [7, 11) is 1.96. The average Bonchev–Trinajstić information content (AvgIpc) is 2.83. The van der Waals surface area contributed by atoms with E-state index in [1.807, 2.05) is 48.1 Å². The lowest BCUT2D eigenvalue weighted by molar-refractivity contribution is 0.132. The van der Waals surface area contributed by atoms with Crippen LogP contribution in [0.2, 0.25) is 0 Å². The summed E-state index contributed by atoms with van der Waals surface area (Å²) in [5.41, 5.74) is 3.74. The van der Waals surface area contributed by atoms with Gasteiger partial charge in [-0.2, -0.15) is 5.10 Å². The molecule has 1 aromatic heterocycles. The number of nitrogens with zero attached hydrogens (tertiary/aromatic N) is 2. The zero-order chi connectivity index (χ0) is 16.4. The molecule has 0 radical (unpaired) electrons. The van der Waals surface area contributed by atoms with E-state index in [9.17, 15) is 0 Å². The molecule has 0 spiro atoms. The van der Waals surface area contributed by atoms with Crippen LogP contribution in [0.3, 0.4) is 0 Å². The normalized spacial score (nSPS) is 11.5. The minimum atomic E-state index is -0.296. The molecule has 0 aliphatic carbocycles. The fourth-order valence-corrected chi connectivity index (χ4v) is 2.61. The van der Waals surface area contributed by atoms with Crippen molar-refractivity contribution in [2.24, 2.45) is 7.05 Å². The first kappa shape index (κ1) is 15.3. The predicted molar refractivity (Wildman–Crippen MR) is 94.5 cm³/mol. The first-order valence-corrected chi connectivity index (χ1v) is 7.82. The summed E-state index contributed by atoms with van der Waals surface area (Å²) in [5, 5.41) is 4.73. The number of hydrogen-bond donors (Lipinski definition) is 0. The number of benzene rings is 2. The van der Waals surface area contributed by atoms with Gasteiger partial charge >= 0.3 is 0 Å². The summed E-state index contributed by atoms with van der Waals surface area (Å²) in [6, 6.07) is 20.4. The Morgan fingerprint density at radius 3 is 1.87 bits per heavy atom. The Morgan fingerprint density at radius 2 is 1.35 bits per heavy atom. The minimum absolute atomic E-state index is 0.296. The Morgan fingerprint density at radius 1 is 0.826 bits per heavy atom. The molecular weight excluding hydrogens is 284 g/mol. The van der Waals surface area contributed by atoms with Crippen LogP contribution in [0.1, 0.15) is 20.8 Å². The number of ether oxygens (including phenoxy) is 1. The molecule has 3 heteroatoms. The standard InChI is InChI=1S/C20H22N2O/c1-20(2,3)23-19-17(15-11-7-5-8-12-15)21-22(4)18(19)16-13-9-6-10-14-16/h5-14H,1-4H3. The molecule has 3 rings (SSSR count). The summed E-state index contributed by atoms with van der Waals surface area (Å²) < 4.78 is 8.21. The van der Waals surface area contributed by atoms with Crippen molar-refractivity contribution in [1.82, 2.24) is 9.78 Å². The molecule has 0 aliphatic heterocycles. The van der Waals surface area contributed by atoms with Crippen molar-refractivity contribution in [3.63, 3.8) is 0 Å². The Bertz CT molecular complexity index is 784. The van der Waals surface area contributed by atoms with E-state index in [1.54, 1.807) is 0 Å². The van der Waals surface area contributed by atoms with Gasteiger partial charge in [-0.25, -0.2) is 0 Å². The van der Waals surface area contributed by atoms with Crippen LogP contribution in [-0.2, 0) is 7.05 Å². The van der Waals surface area contributed by atoms with Crippen molar-refractivity contribution < 1.29 is 4.74 Å². The van der Waals surface area contributed by atoms with E-state index in [2.05, 4.69) is 45.0 Å². The van der Waals surface area contributed by atoms with Gasteiger partial charge < -0.3 is 4.74 Å². The third-order valence-corrected chi connectivity index (χ3v) is 3.51. The van der Waals surface area contributed by atoms with Crippen LogP contribution in [-0.4, -0.2) is 15.4 Å². The van der Waals surface area contributed by atoms with E-state index >= 15 is 0 Å². The highest BCUT2D eigenvalue weighted by Crippen LogP contribution is 2.40. The van der Waals surface area contributed by atoms with E-state index in [1.165, 1.54) is 0 Å². The molecule has 0 amide bonds. The fourth-order valence-electron chi connectivity index (χ4n) is 2.61. The highest BCUT2D eigenvalue weighted by Gasteiger charge is 2.24. The number of hydrogen-bond acceptors (Lipinski definition) is 2. The van der Waals surface area contributed by atoms with Gasteiger partial charge in [-0.15, -0.1) is 0 Å². The van der Waals surface area contributed by atoms with Crippen molar-refractivity contribution in [3.05, 3.63) is 60.7 Å². The second-order valence-electron chi connectivity index (χ2n) is 6.60. The van der Waals surface area contributed by atoms with Crippen LogP contribution in [0, 0.1) is 0 Å². The van der Waals surface area contributed by atoms with Gasteiger partial charge in [0.15, 0.2) is 5.75 Å². The molecule has 0 N–H and O–H groups in total. The Labute approximate surface area is 137 Å². The second kappa shape index (κ2) is 5.92. The second-order valence-corrected chi connectivity index (χ2v) is 6.60. The predicted octanol–water partition coefficient (Wildman–Crippen LogP) is 4.93. The maximum absolute atomic E-state index is 6.31. The lowest BCUT2D eigenvalue weighted by atomic mass is 10.1. The molecular formula is C20H22N2O. The molecule has 118 valence electrons. The number of aryl methyl sites for hydroxylation is 1. The molecule has 0 bridgehead atoms.